The van der Waals surface area contributed by atoms with Gasteiger partial charge in [-0.05, 0) is 41.5 Å². The van der Waals surface area contributed by atoms with E-state index < -0.39 is 0 Å². The van der Waals surface area contributed by atoms with Crippen LogP contribution in [0.1, 0.15) is 11.1 Å². The van der Waals surface area contributed by atoms with Crippen molar-refractivity contribution in [2.75, 3.05) is 0 Å². The lowest BCUT2D eigenvalue weighted by Crippen LogP contribution is -2.33. The number of nitriles is 1. The molecular formula is C27H17N2+. The predicted octanol–water partition coefficient (Wildman–Crippen LogP) is 5.85. The molecule has 0 saturated heterocycles. The summed E-state index contributed by atoms with van der Waals surface area (Å²) in [5, 5.41) is 13.0. The van der Waals surface area contributed by atoms with E-state index in [4.69, 9.17) is 5.26 Å². The van der Waals surface area contributed by atoms with E-state index >= 15 is 0 Å². The van der Waals surface area contributed by atoms with Crippen LogP contribution in [0.15, 0.2) is 91.0 Å². The van der Waals surface area contributed by atoms with E-state index in [2.05, 4.69) is 77.4 Å². The number of pyridine rings is 1. The zero-order valence-electron chi connectivity index (χ0n) is 15.8. The van der Waals surface area contributed by atoms with Gasteiger partial charge in [-0.1, -0.05) is 54.6 Å². The van der Waals surface area contributed by atoms with Gasteiger partial charge in [-0.15, -0.1) is 0 Å². The molecule has 1 aliphatic rings. The Morgan fingerprint density at radius 2 is 1.38 bits per heavy atom. The molecular weight excluding hydrogens is 352 g/mol. The van der Waals surface area contributed by atoms with Crippen molar-refractivity contribution in [3.63, 3.8) is 0 Å². The first kappa shape index (κ1) is 16.0. The molecule has 1 aliphatic heterocycles. The third-order valence-corrected chi connectivity index (χ3v) is 5.98. The van der Waals surface area contributed by atoms with Gasteiger partial charge in [-0.3, -0.25) is 0 Å². The van der Waals surface area contributed by atoms with Gasteiger partial charge < -0.3 is 0 Å². The van der Waals surface area contributed by atoms with Crippen LogP contribution in [0, 0.1) is 11.3 Å². The molecule has 0 radical (unpaired) electrons. The third-order valence-electron chi connectivity index (χ3n) is 5.98. The Labute approximate surface area is 168 Å². The molecule has 0 N–H and O–H groups in total. The monoisotopic (exact) mass is 369 g/mol. The Balaban J connectivity index is 1.64. The molecule has 1 aromatic heterocycles. The van der Waals surface area contributed by atoms with Crippen molar-refractivity contribution in [1.82, 2.24) is 0 Å². The number of fused-ring (bicyclic) bond motifs is 8. The van der Waals surface area contributed by atoms with Crippen LogP contribution in [0.5, 0.6) is 0 Å². The fourth-order valence-corrected chi connectivity index (χ4v) is 4.60. The number of nitrogens with zero attached hydrogens (tertiary/aromatic N) is 2. The van der Waals surface area contributed by atoms with E-state index in [0.717, 1.165) is 12.1 Å². The minimum Gasteiger partial charge on any atom is -0.192 e. The van der Waals surface area contributed by atoms with E-state index in [0.29, 0.717) is 5.56 Å². The molecule has 0 aliphatic carbocycles. The summed E-state index contributed by atoms with van der Waals surface area (Å²) in [6.45, 7) is 0.893. The molecule has 4 aromatic carbocycles. The maximum absolute atomic E-state index is 9.07. The molecule has 2 heteroatoms. The van der Waals surface area contributed by atoms with Crippen LogP contribution in [0.3, 0.4) is 0 Å². The maximum atomic E-state index is 9.07. The second-order valence-corrected chi connectivity index (χ2v) is 7.56. The number of para-hydroxylation sites is 1. The highest BCUT2D eigenvalue weighted by Gasteiger charge is 2.31. The summed E-state index contributed by atoms with van der Waals surface area (Å²) in [4.78, 5) is 0. The SMILES string of the molecule is N#Cc1ccc(-c2ccc3c(c2)-c2c4ccccc4c4ccccc4[n+]2C3)cc1. The highest BCUT2D eigenvalue weighted by Crippen LogP contribution is 2.38. The first-order chi connectivity index (χ1) is 14.3. The molecule has 0 bridgehead atoms. The van der Waals surface area contributed by atoms with Crippen LogP contribution >= 0.6 is 0 Å². The number of hydrogen-bond acceptors (Lipinski definition) is 1. The van der Waals surface area contributed by atoms with Crippen molar-refractivity contribution >= 4 is 21.7 Å². The second kappa shape index (κ2) is 6.02. The fraction of sp³-hybridized carbons (Fsp3) is 0.0370. The van der Waals surface area contributed by atoms with Crippen molar-refractivity contribution in [3.8, 4) is 28.5 Å². The minimum atomic E-state index is 0.688. The Hall–Kier alpha value is -3.96. The van der Waals surface area contributed by atoms with Gasteiger partial charge in [0.2, 0.25) is 11.2 Å². The summed E-state index contributed by atoms with van der Waals surface area (Å²) in [5.41, 5.74) is 8.22. The lowest BCUT2D eigenvalue weighted by molar-refractivity contribution is -0.644. The van der Waals surface area contributed by atoms with E-state index in [-0.39, 0.29) is 0 Å². The molecule has 0 fully saturated rings. The molecule has 134 valence electrons. The first-order valence-electron chi connectivity index (χ1n) is 9.80. The van der Waals surface area contributed by atoms with Gasteiger partial charge in [0, 0.05) is 17.0 Å². The average molecular weight is 369 g/mol. The minimum absolute atomic E-state index is 0.688. The van der Waals surface area contributed by atoms with E-state index in [1.54, 1.807) is 0 Å². The summed E-state index contributed by atoms with van der Waals surface area (Å²) in [5.74, 6) is 0. The third kappa shape index (κ3) is 2.31. The Kier molecular flexibility index (Phi) is 3.33. The van der Waals surface area contributed by atoms with Crippen LogP contribution < -0.4 is 4.57 Å². The van der Waals surface area contributed by atoms with Crippen LogP contribution in [0.4, 0.5) is 0 Å². The Bertz CT molecular complexity index is 1470. The van der Waals surface area contributed by atoms with Gasteiger partial charge >= 0.3 is 0 Å². The number of aromatic nitrogens is 1. The van der Waals surface area contributed by atoms with E-state index in [1.807, 2.05) is 24.3 Å². The Morgan fingerprint density at radius 3 is 2.17 bits per heavy atom. The van der Waals surface area contributed by atoms with Gasteiger partial charge in [0.1, 0.15) is 0 Å². The molecule has 2 heterocycles. The molecule has 0 atom stereocenters. The highest BCUT2D eigenvalue weighted by molar-refractivity contribution is 6.09. The largest absolute Gasteiger partial charge is 0.221 e. The molecule has 5 aromatic rings. The molecule has 29 heavy (non-hydrogen) atoms. The van der Waals surface area contributed by atoms with Crippen LogP contribution in [-0.2, 0) is 6.54 Å². The van der Waals surface area contributed by atoms with Crippen molar-refractivity contribution < 1.29 is 4.57 Å². The van der Waals surface area contributed by atoms with Crippen LogP contribution in [0.25, 0.3) is 44.1 Å². The first-order valence-corrected chi connectivity index (χ1v) is 9.80. The molecule has 0 saturated carbocycles. The van der Waals surface area contributed by atoms with Crippen molar-refractivity contribution in [2.45, 2.75) is 6.54 Å². The van der Waals surface area contributed by atoms with Gasteiger partial charge in [0.05, 0.1) is 28.0 Å². The topological polar surface area (TPSA) is 27.7 Å². The summed E-state index contributed by atoms with van der Waals surface area (Å²) in [7, 11) is 0. The lowest BCUT2D eigenvalue weighted by atomic mass is 9.96. The number of hydrogen-bond donors (Lipinski definition) is 0. The second-order valence-electron chi connectivity index (χ2n) is 7.56. The van der Waals surface area contributed by atoms with Gasteiger partial charge in [-0.2, -0.15) is 9.83 Å². The Morgan fingerprint density at radius 1 is 0.690 bits per heavy atom. The summed E-state index contributed by atoms with van der Waals surface area (Å²) in [6, 6.07) is 34.1. The lowest BCUT2D eigenvalue weighted by Gasteiger charge is -2.07. The zero-order chi connectivity index (χ0) is 19.4. The average Bonchev–Trinajstić information content (AvgIpc) is 3.18. The van der Waals surface area contributed by atoms with E-state index in [9.17, 15) is 0 Å². The molecule has 0 amide bonds. The van der Waals surface area contributed by atoms with Gasteiger partial charge in [0.15, 0.2) is 6.54 Å². The summed E-state index contributed by atoms with van der Waals surface area (Å²) < 4.78 is 2.45. The molecule has 6 rings (SSSR count). The smallest absolute Gasteiger partial charge is 0.192 e. The number of rotatable bonds is 1. The van der Waals surface area contributed by atoms with Crippen LogP contribution in [0.2, 0.25) is 0 Å². The zero-order valence-corrected chi connectivity index (χ0v) is 15.8. The van der Waals surface area contributed by atoms with Gasteiger partial charge in [-0.25, -0.2) is 0 Å². The van der Waals surface area contributed by atoms with E-state index in [1.165, 1.54) is 44.1 Å². The van der Waals surface area contributed by atoms with Gasteiger partial charge in [0.25, 0.3) is 0 Å². The van der Waals surface area contributed by atoms with Crippen LogP contribution in [-0.4, -0.2) is 0 Å². The molecule has 0 unspecified atom stereocenters. The highest BCUT2D eigenvalue weighted by atomic mass is 15.0. The van der Waals surface area contributed by atoms with Crippen molar-refractivity contribution in [3.05, 3.63) is 102 Å². The quantitative estimate of drug-likeness (QED) is 0.264. The van der Waals surface area contributed by atoms with Crippen molar-refractivity contribution in [1.29, 1.82) is 5.26 Å². The molecule has 2 nitrogen and oxygen atoms in total. The normalized spacial score (nSPS) is 12.0. The maximum Gasteiger partial charge on any atom is 0.221 e. The molecule has 0 spiro atoms. The summed E-state index contributed by atoms with van der Waals surface area (Å²) >= 11 is 0. The standard InChI is InChI=1S/C27H17N2/c28-16-18-9-11-19(12-10-18)20-13-14-21-17-29-26-8-4-3-6-23(26)22-5-1-2-7-24(22)27(29)25(21)15-20/h1-15H,17H2/q+1. The fourth-order valence-electron chi connectivity index (χ4n) is 4.60. The predicted molar refractivity (Wildman–Crippen MR) is 116 cm³/mol. The number of benzene rings is 4. The van der Waals surface area contributed by atoms with Crippen molar-refractivity contribution in [2.24, 2.45) is 0 Å². The summed E-state index contributed by atoms with van der Waals surface area (Å²) in [6.07, 6.45) is 0.